The first kappa shape index (κ1) is 15.7. The van der Waals surface area contributed by atoms with Gasteiger partial charge in [-0.25, -0.2) is 4.98 Å². The number of carbonyl (C=O) groups is 1. The third-order valence-electron chi connectivity index (χ3n) is 3.95. The molecule has 3 aromatic rings. The summed E-state index contributed by atoms with van der Waals surface area (Å²) < 4.78 is 11.1. The summed E-state index contributed by atoms with van der Waals surface area (Å²) in [7, 11) is 0. The zero-order chi connectivity index (χ0) is 17.2. The number of anilines is 1. The van der Waals surface area contributed by atoms with Crippen molar-refractivity contribution in [2.75, 3.05) is 18.5 Å². The second-order valence-corrected chi connectivity index (χ2v) is 6.52. The second-order valence-electron chi connectivity index (χ2n) is 5.67. The zero-order valence-corrected chi connectivity index (χ0v) is 14.4. The summed E-state index contributed by atoms with van der Waals surface area (Å²) in [6.45, 7) is 3.03. The minimum absolute atomic E-state index is 0.152. The number of nitrogens with one attached hydrogen (secondary N) is 1. The predicted octanol–water partition coefficient (Wildman–Crippen LogP) is 4.14. The van der Waals surface area contributed by atoms with Gasteiger partial charge in [0, 0.05) is 16.5 Å². The maximum absolute atomic E-state index is 12.4. The number of aryl methyl sites for hydroxylation is 1. The van der Waals surface area contributed by atoms with Crippen LogP contribution in [0.4, 0.5) is 5.13 Å². The molecule has 0 unspecified atom stereocenters. The largest absolute Gasteiger partial charge is 0.486 e. The topological polar surface area (TPSA) is 60.5 Å². The molecule has 126 valence electrons. The van der Waals surface area contributed by atoms with Crippen molar-refractivity contribution in [3.05, 3.63) is 59.0 Å². The van der Waals surface area contributed by atoms with E-state index in [0.29, 0.717) is 23.9 Å². The van der Waals surface area contributed by atoms with E-state index in [1.165, 1.54) is 11.3 Å². The highest BCUT2D eigenvalue weighted by Gasteiger charge is 2.15. The Morgan fingerprint density at radius 1 is 1.12 bits per heavy atom. The van der Waals surface area contributed by atoms with E-state index in [0.717, 1.165) is 28.3 Å². The average Bonchev–Trinajstić information content (AvgIpc) is 3.10. The van der Waals surface area contributed by atoms with Crippen LogP contribution < -0.4 is 14.8 Å². The van der Waals surface area contributed by atoms with Crippen molar-refractivity contribution in [2.45, 2.75) is 6.92 Å². The molecule has 0 radical (unpaired) electrons. The lowest BCUT2D eigenvalue weighted by atomic mass is 10.1. The highest BCUT2D eigenvalue weighted by molar-refractivity contribution is 7.14. The Kier molecular flexibility index (Phi) is 4.11. The number of amides is 1. The number of rotatable bonds is 3. The van der Waals surface area contributed by atoms with Gasteiger partial charge in [0.05, 0.1) is 5.69 Å². The molecule has 5 nitrogen and oxygen atoms in total. The van der Waals surface area contributed by atoms with Gasteiger partial charge in [0.15, 0.2) is 16.6 Å². The number of hydrogen-bond donors (Lipinski definition) is 1. The quantitative estimate of drug-likeness (QED) is 0.769. The first-order valence-electron chi connectivity index (χ1n) is 7.93. The highest BCUT2D eigenvalue weighted by Crippen LogP contribution is 2.35. The van der Waals surface area contributed by atoms with Gasteiger partial charge >= 0.3 is 0 Å². The number of fused-ring (bicyclic) bond motifs is 1. The fraction of sp³-hybridized carbons (Fsp3) is 0.158. The van der Waals surface area contributed by atoms with Crippen LogP contribution in [0.5, 0.6) is 11.5 Å². The molecule has 0 fully saturated rings. The molecule has 1 aliphatic heterocycles. The molecule has 25 heavy (non-hydrogen) atoms. The third-order valence-corrected chi connectivity index (χ3v) is 4.71. The Balaban J connectivity index is 1.54. The minimum atomic E-state index is -0.152. The first-order valence-corrected chi connectivity index (χ1v) is 8.81. The normalized spacial score (nSPS) is 12.7. The lowest BCUT2D eigenvalue weighted by molar-refractivity contribution is 0.102. The number of carbonyl (C=O) groups excluding carboxylic acids is 1. The number of aromatic nitrogens is 1. The molecule has 2 aromatic carbocycles. The van der Waals surface area contributed by atoms with E-state index in [2.05, 4.69) is 10.3 Å². The van der Waals surface area contributed by atoms with Crippen molar-refractivity contribution in [3.8, 4) is 22.8 Å². The summed E-state index contributed by atoms with van der Waals surface area (Å²) in [6.07, 6.45) is 0. The number of hydrogen-bond acceptors (Lipinski definition) is 5. The molecular formula is C19H16N2O3S. The minimum Gasteiger partial charge on any atom is -0.486 e. The molecule has 4 rings (SSSR count). The second kappa shape index (κ2) is 6.57. The van der Waals surface area contributed by atoms with Crippen LogP contribution in [0.2, 0.25) is 0 Å². The van der Waals surface area contributed by atoms with Crippen molar-refractivity contribution in [1.82, 2.24) is 4.98 Å². The maximum Gasteiger partial charge on any atom is 0.257 e. The van der Waals surface area contributed by atoms with Crippen LogP contribution in [0, 0.1) is 6.92 Å². The highest BCUT2D eigenvalue weighted by atomic mass is 32.1. The van der Waals surface area contributed by atoms with E-state index >= 15 is 0 Å². The molecular weight excluding hydrogens is 336 g/mol. The van der Waals surface area contributed by atoms with Crippen LogP contribution in [0.3, 0.4) is 0 Å². The summed E-state index contributed by atoms with van der Waals surface area (Å²) in [5.74, 6) is 1.32. The van der Waals surface area contributed by atoms with Gasteiger partial charge < -0.3 is 9.47 Å². The molecule has 1 aliphatic rings. The Bertz CT molecular complexity index is 936. The average molecular weight is 352 g/mol. The van der Waals surface area contributed by atoms with E-state index in [1.807, 2.05) is 48.7 Å². The summed E-state index contributed by atoms with van der Waals surface area (Å²) in [4.78, 5) is 16.9. The molecule has 1 N–H and O–H groups in total. The van der Waals surface area contributed by atoms with Crippen LogP contribution in [0.1, 0.15) is 15.9 Å². The number of thiazole rings is 1. The van der Waals surface area contributed by atoms with Crippen LogP contribution in [0.25, 0.3) is 11.3 Å². The maximum atomic E-state index is 12.4. The van der Waals surface area contributed by atoms with Crippen LogP contribution in [-0.2, 0) is 0 Å². The Morgan fingerprint density at radius 2 is 1.92 bits per heavy atom. The van der Waals surface area contributed by atoms with Gasteiger partial charge in [0.2, 0.25) is 0 Å². The smallest absolute Gasteiger partial charge is 0.257 e. The van der Waals surface area contributed by atoms with Crippen molar-refractivity contribution >= 4 is 22.4 Å². The molecule has 0 spiro atoms. The molecule has 0 atom stereocenters. The van der Waals surface area contributed by atoms with Crippen molar-refractivity contribution in [3.63, 3.8) is 0 Å². The van der Waals surface area contributed by atoms with Gasteiger partial charge in [0.25, 0.3) is 5.91 Å². The summed E-state index contributed by atoms with van der Waals surface area (Å²) in [5, 5.41) is 5.35. The Labute approximate surface area is 149 Å². The van der Waals surface area contributed by atoms with Crippen molar-refractivity contribution in [1.29, 1.82) is 0 Å². The van der Waals surface area contributed by atoms with E-state index in [1.54, 1.807) is 6.07 Å². The monoisotopic (exact) mass is 352 g/mol. The van der Waals surface area contributed by atoms with Crippen molar-refractivity contribution in [2.24, 2.45) is 0 Å². The van der Waals surface area contributed by atoms with Crippen molar-refractivity contribution < 1.29 is 14.3 Å². The summed E-state index contributed by atoms with van der Waals surface area (Å²) in [5.41, 5.74) is 3.31. The van der Waals surface area contributed by atoms with Crippen LogP contribution >= 0.6 is 11.3 Å². The Hall–Kier alpha value is -2.86. The summed E-state index contributed by atoms with van der Waals surface area (Å²) >= 11 is 1.40. The van der Waals surface area contributed by atoms with Crippen LogP contribution in [0.15, 0.2) is 47.8 Å². The molecule has 0 saturated carbocycles. The van der Waals surface area contributed by atoms with E-state index in [4.69, 9.17) is 9.47 Å². The van der Waals surface area contributed by atoms with E-state index in [9.17, 15) is 4.79 Å². The number of ether oxygens (including phenoxy) is 2. The van der Waals surface area contributed by atoms with Crippen LogP contribution in [-0.4, -0.2) is 24.1 Å². The molecule has 0 saturated heterocycles. The summed E-state index contributed by atoms with van der Waals surface area (Å²) in [6, 6.07) is 13.2. The molecule has 0 bridgehead atoms. The SMILES string of the molecule is Cc1ccccc1C(=O)Nc1nc(-c2ccc3c(c2)OCCO3)cs1. The number of nitrogens with zero attached hydrogens (tertiary/aromatic N) is 1. The van der Waals surface area contributed by atoms with Gasteiger partial charge in [-0.05, 0) is 36.8 Å². The van der Waals surface area contributed by atoms with Gasteiger partial charge in [-0.15, -0.1) is 11.3 Å². The molecule has 1 aromatic heterocycles. The lowest BCUT2D eigenvalue weighted by Gasteiger charge is -2.18. The van der Waals surface area contributed by atoms with Gasteiger partial charge in [-0.2, -0.15) is 0 Å². The fourth-order valence-corrected chi connectivity index (χ4v) is 3.37. The fourth-order valence-electron chi connectivity index (χ4n) is 2.66. The zero-order valence-electron chi connectivity index (χ0n) is 13.6. The molecule has 6 heteroatoms. The molecule has 0 aliphatic carbocycles. The standard InChI is InChI=1S/C19H16N2O3S/c1-12-4-2-3-5-14(12)18(22)21-19-20-15(11-25-19)13-6-7-16-17(10-13)24-9-8-23-16/h2-7,10-11H,8-9H2,1H3,(H,20,21,22). The third kappa shape index (κ3) is 3.21. The van der Waals surface area contributed by atoms with E-state index in [-0.39, 0.29) is 5.91 Å². The molecule has 1 amide bonds. The lowest BCUT2D eigenvalue weighted by Crippen LogP contribution is -2.15. The van der Waals surface area contributed by atoms with Gasteiger partial charge in [0.1, 0.15) is 13.2 Å². The van der Waals surface area contributed by atoms with E-state index < -0.39 is 0 Å². The Morgan fingerprint density at radius 3 is 2.76 bits per heavy atom. The van der Waals surface area contributed by atoms with Gasteiger partial charge in [-0.1, -0.05) is 18.2 Å². The molecule has 2 heterocycles. The first-order chi connectivity index (χ1) is 12.2. The van der Waals surface area contributed by atoms with Gasteiger partial charge in [-0.3, -0.25) is 10.1 Å². The predicted molar refractivity (Wildman–Crippen MR) is 97.7 cm³/mol. The number of benzene rings is 2.